The van der Waals surface area contributed by atoms with Gasteiger partial charge in [0.25, 0.3) is 0 Å². The smallest absolute Gasteiger partial charge is 0.204 e. The zero-order chi connectivity index (χ0) is 21.0. The first-order valence-electron chi connectivity index (χ1n) is 10.2. The Kier molecular flexibility index (Phi) is 5.37. The number of nitrogens with one attached hydrogen (secondary N) is 1. The predicted octanol–water partition coefficient (Wildman–Crippen LogP) is 6.08. The largest absolute Gasteiger partial charge is 0.492 e. The Bertz CT molecular complexity index is 1340. The van der Waals surface area contributed by atoms with Crippen molar-refractivity contribution in [3.05, 3.63) is 90.1 Å². The van der Waals surface area contributed by atoms with Gasteiger partial charge in [0.15, 0.2) is 0 Å². The standard InChI is InChI=1S/C25H22N4OS/c1-18-7-6-8-20(15-18)30-14-13-29-17-19(21-9-2-4-11-23(21)29)16-26-28-25-27-22-10-3-5-12-24(22)31-25/h2-12,15-17H,13-14H2,1H3,(H,27,28)/b26-16-. The summed E-state index contributed by atoms with van der Waals surface area (Å²) < 4.78 is 9.30. The van der Waals surface area contributed by atoms with Gasteiger partial charge in [-0.3, -0.25) is 5.43 Å². The van der Waals surface area contributed by atoms with Crippen molar-refractivity contribution in [2.24, 2.45) is 5.10 Å². The lowest BCUT2D eigenvalue weighted by Crippen LogP contribution is -2.07. The minimum Gasteiger partial charge on any atom is -0.492 e. The van der Waals surface area contributed by atoms with Gasteiger partial charge in [0.1, 0.15) is 12.4 Å². The third-order valence-corrected chi connectivity index (χ3v) is 6.01. The molecule has 0 radical (unpaired) electrons. The van der Waals surface area contributed by atoms with E-state index in [1.807, 2.05) is 42.6 Å². The molecule has 0 atom stereocenters. The summed E-state index contributed by atoms with van der Waals surface area (Å²) in [5.41, 5.74) is 7.47. The molecule has 0 amide bonds. The fourth-order valence-corrected chi connectivity index (χ4v) is 4.42. The summed E-state index contributed by atoms with van der Waals surface area (Å²) in [6.07, 6.45) is 3.97. The second kappa shape index (κ2) is 8.62. The molecule has 0 unspecified atom stereocenters. The maximum Gasteiger partial charge on any atom is 0.204 e. The highest BCUT2D eigenvalue weighted by molar-refractivity contribution is 7.22. The van der Waals surface area contributed by atoms with E-state index in [9.17, 15) is 0 Å². The van der Waals surface area contributed by atoms with Crippen molar-refractivity contribution in [1.82, 2.24) is 9.55 Å². The van der Waals surface area contributed by atoms with E-state index in [1.54, 1.807) is 11.3 Å². The number of hydrogen-bond donors (Lipinski definition) is 1. The number of rotatable bonds is 7. The van der Waals surface area contributed by atoms with Crippen LogP contribution in [0, 0.1) is 6.92 Å². The number of aryl methyl sites for hydroxylation is 1. The van der Waals surface area contributed by atoms with Crippen molar-refractivity contribution in [3.8, 4) is 5.75 Å². The van der Waals surface area contributed by atoms with Crippen molar-refractivity contribution in [2.75, 3.05) is 12.0 Å². The summed E-state index contributed by atoms with van der Waals surface area (Å²) in [4.78, 5) is 4.56. The van der Waals surface area contributed by atoms with E-state index in [2.05, 4.69) is 69.6 Å². The van der Waals surface area contributed by atoms with E-state index < -0.39 is 0 Å². The van der Waals surface area contributed by atoms with Crippen LogP contribution in [0.15, 0.2) is 84.1 Å². The minimum absolute atomic E-state index is 0.600. The van der Waals surface area contributed by atoms with Gasteiger partial charge in [-0.25, -0.2) is 4.98 Å². The van der Waals surface area contributed by atoms with Crippen molar-refractivity contribution in [3.63, 3.8) is 0 Å². The molecule has 1 N–H and O–H groups in total. The first kappa shape index (κ1) is 19.3. The number of hydrogen-bond acceptors (Lipinski definition) is 5. The van der Waals surface area contributed by atoms with Gasteiger partial charge in [-0.15, -0.1) is 0 Å². The monoisotopic (exact) mass is 426 g/mol. The third kappa shape index (κ3) is 4.29. The van der Waals surface area contributed by atoms with Gasteiger partial charge >= 0.3 is 0 Å². The van der Waals surface area contributed by atoms with E-state index >= 15 is 0 Å². The summed E-state index contributed by atoms with van der Waals surface area (Å²) in [5.74, 6) is 0.901. The van der Waals surface area contributed by atoms with Crippen LogP contribution >= 0.6 is 11.3 Å². The first-order valence-corrected chi connectivity index (χ1v) is 11.0. The fourth-order valence-electron chi connectivity index (χ4n) is 3.61. The van der Waals surface area contributed by atoms with Gasteiger partial charge in [-0.05, 0) is 42.8 Å². The van der Waals surface area contributed by atoms with Gasteiger partial charge in [-0.1, -0.05) is 53.8 Å². The topological polar surface area (TPSA) is 51.4 Å². The van der Waals surface area contributed by atoms with Crippen LogP contribution in [0.25, 0.3) is 21.1 Å². The molecule has 0 saturated carbocycles. The molecule has 5 rings (SSSR count). The summed E-state index contributed by atoms with van der Waals surface area (Å²) in [6, 6.07) is 24.6. The Morgan fingerprint density at radius 3 is 2.84 bits per heavy atom. The number of benzene rings is 3. The molecule has 0 aliphatic carbocycles. The number of nitrogens with zero attached hydrogens (tertiary/aromatic N) is 3. The molecular weight excluding hydrogens is 404 g/mol. The molecule has 5 aromatic rings. The normalized spacial score (nSPS) is 11.5. The predicted molar refractivity (Wildman–Crippen MR) is 129 cm³/mol. The first-order chi connectivity index (χ1) is 15.3. The Morgan fingerprint density at radius 1 is 1.06 bits per heavy atom. The SMILES string of the molecule is Cc1cccc(OCCn2cc(/C=N\Nc3nc4ccccc4s3)c3ccccc32)c1. The second-order valence-corrected chi connectivity index (χ2v) is 8.35. The number of thiazole rings is 1. The number of hydrazone groups is 1. The number of anilines is 1. The number of fused-ring (bicyclic) bond motifs is 2. The second-order valence-electron chi connectivity index (χ2n) is 7.32. The number of aromatic nitrogens is 2. The van der Waals surface area contributed by atoms with Crippen molar-refractivity contribution < 1.29 is 4.74 Å². The molecule has 3 aromatic carbocycles. The zero-order valence-electron chi connectivity index (χ0n) is 17.2. The lowest BCUT2D eigenvalue weighted by atomic mass is 10.2. The Balaban J connectivity index is 1.31. The molecule has 0 saturated heterocycles. The average Bonchev–Trinajstić information content (AvgIpc) is 3.35. The van der Waals surface area contributed by atoms with E-state index in [4.69, 9.17) is 4.74 Å². The quantitative estimate of drug-likeness (QED) is 0.253. The lowest BCUT2D eigenvalue weighted by molar-refractivity contribution is 0.300. The molecule has 0 bridgehead atoms. The van der Waals surface area contributed by atoms with Crippen LogP contribution in [0.2, 0.25) is 0 Å². The molecule has 2 heterocycles. The highest BCUT2D eigenvalue weighted by atomic mass is 32.1. The lowest BCUT2D eigenvalue weighted by Gasteiger charge is -2.08. The van der Waals surface area contributed by atoms with E-state index in [0.717, 1.165) is 44.1 Å². The fraction of sp³-hybridized carbons (Fsp3) is 0.120. The Labute approximate surface area is 184 Å². The van der Waals surface area contributed by atoms with E-state index in [0.29, 0.717) is 6.61 Å². The molecular formula is C25H22N4OS. The summed E-state index contributed by atoms with van der Waals surface area (Å²) >= 11 is 1.59. The molecule has 0 aliphatic heterocycles. The van der Waals surface area contributed by atoms with Crippen LogP contribution in [-0.4, -0.2) is 22.4 Å². The molecule has 31 heavy (non-hydrogen) atoms. The minimum atomic E-state index is 0.600. The van der Waals surface area contributed by atoms with Crippen LogP contribution in [0.3, 0.4) is 0 Å². The van der Waals surface area contributed by atoms with Gasteiger partial charge in [0, 0.05) is 22.7 Å². The number of para-hydroxylation sites is 2. The van der Waals surface area contributed by atoms with Crippen LogP contribution in [-0.2, 0) is 6.54 Å². The molecule has 154 valence electrons. The highest BCUT2D eigenvalue weighted by Gasteiger charge is 2.07. The molecule has 0 fully saturated rings. The van der Waals surface area contributed by atoms with Crippen molar-refractivity contribution >= 4 is 43.8 Å². The van der Waals surface area contributed by atoms with Crippen molar-refractivity contribution in [1.29, 1.82) is 0 Å². The van der Waals surface area contributed by atoms with Crippen LogP contribution in [0.1, 0.15) is 11.1 Å². The Hall–Kier alpha value is -3.64. The maximum absolute atomic E-state index is 5.94. The van der Waals surface area contributed by atoms with E-state index in [1.165, 1.54) is 5.56 Å². The molecule has 0 spiro atoms. The van der Waals surface area contributed by atoms with Gasteiger partial charge in [0.2, 0.25) is 5.13 Å². The van der Waals surface area contributed by atoms with Gasteiger partial charge in [-0.2, -0.15) is 5.10 Å². The molecule has 6 heteroatoms. The summed E-state index contributed by atoms with van der Waals surface area (Å²) in [5, 5.41) is 6.38. The zero-order valence-corrected chi connectivity index (χ0v) is 18.0. The van der Waals surface area contributed by atoms with Crippen LogP contribution in [0.5, 0.6) is 5.75 Å². The highest BCUT2D eigenvalue weighted by Crippen LogP contribution is 2.25. The summed E-state index contributed by atoms with van der Waals surface area (Å²) in [6.45, 7) is 3.43. The molecule has 5 nitrogen and oxygen atoms in total. The average molecular weight is 427 g/mol. The van der Waals surface area contributed by atoms with Crippen LogP contribution < -0.4 is 10.2 Å². The van der Waals surface area contributed by atoms with Crippen LogP contribution in [0.4, 0.5) is 5.13 Å². The Morgan fingerprint density at radius 2 is 1.94 bits per heavy atom. The van der Waals surface area contributed by atoms with E-state index in [-0.39, 0.29) is 0 Å². The third-order valence-electron chi connectivity index (χ3n) is 5.07. The van der Waals surface area contributed by atoms with Crippen molar-refractivity contribution in [2.45, 2.75) is 13.5 Å². The van der Waals surface area contributed by atoms with Gasteiger partial charge < -0.3 is 9.30 Å². The summed E-state index contributed by atoms with van der Waals surface area (Å²) in [7, 11) is 0. The molecule has 0 aliphatic rings. The maximum atomic E-state index is 5.94. The van der Waals surface area contributed by atoms with Gasteiger partial charge in [0.05, 0.1) is 23.0 Å². The number of ether oxygens (including phenoxy) is 1. The molecule has 2 aromatic heterocycles.